The number of benzene rings is 2. The van der Waals surface area contributed by atoms with Crippen LogP contribution < -0.4 is 33.6 Å². The number of carbonyl (C=O) groups is 1. The van der Waals surface area contributed by atoms with Gasteiger partial charge in [-0.3, -0.25) is 4.79 Å². The van der Waals surface area contributed by atoms with Crippen LogP contribution in [0.1, 0.15) is 58.9 Å². The molecule has 0 spiro atoms. The van der Waals surface area contributed by atoms with Crippen molar-refractivity contribution in [3.05, 3.63) is 52.5 Å². The normalized spacial score (nSPS) is 12.0. The molecule has 0 saturated carbocycles. The molecule has 148 valence electrons. The smallest absolute Gasteiger partial charge is 1.00 e. The van der Waals surface area contributed by atoms with Crippen LogP contribution in [-0.2, 0) is 0 Å². The zero-order valence-electron chi connectivity index (χ0n) is 19.1. The van der Waals surface area contributed by atoms with Gasteiger partial charge in [0.2, 0.25) is 0 Å². The Morgan fingerprint density at radius 3 is 2.14 bits per heavy atom. The number of rotatable bonds is 5. The zero-order chi connectivity index (χ0) is 20.4. The van der Waals surface area contributed by atoms with Crippen molar-refractivity contribution in [2.75, 3.05) is 0 Å². The van der Waals surface area contributed by atoms with Gasteiger partial charge in [0.1, 0.15) is 22.7 Å². The van der Waals surface area contributed by atoms with Crippen molar-refractivity contribution in [1.29, 1.82) is 0 Å². The Hall–Kier alpha value is -0.973. The van der Waals surface area contributed by atoms with Crippen LogP contribution in [0.15, 0.2) is 36.4 Å². The average molecular weight is 415 g/mol. The molecule has 0 heterocycles. The molecule has 1 atom stereocenters. The summed E-state index contributed by atoms with van der Waals surface area (Å²) in [6.07, 6.45) is 0. The van der Waals surface area contributed by atoms with Gasteiger partial charge < -0.3 is 10.9 Å². The molecular formula is C22H29ClLiO3P. The van der Waals surface area contributed by atoms with E-state index >= 15 is 0 Å². The Balaban J connectivity index is 0.00000392. The van der Waals surface area contributed by atoms with Gasteiger partial charge in [0.15, 0.2) is 5.52 Å². The molecule has 0 amide bonds. The number of carbonyl (C=O) groups excluding carboxylic acids is 1. The van der Waals surface area contributed by atoms with E-state index in [4.69, 9.17) is 21.1 Å². The fraction of sp³-hybridized carbons (Fsp3) is 0.409. The number of ether oxygens (including phenoxy) is 2. The molecule has 0 aromatic heterocycles. The minimum atomic E-state index is -0.386. The molecule has 0 aliphatic rings. The fourth-order valence-corrected chi connectivity index (χ4v) is 4.04. The van der Waals surface area contributed by atoms with Crippen molar-refractivity contribution in [2.24, 2.45) is 0 Å². The maximum atomic E-state index is 12.9. The third-order valence-electron chi connectivity index (χ3n) is 3.49. The summed E-state index contributed by atoms with van der Waals surface area (Å²) in [5.74, 6) is 1.39. The van der Waals surface area contributed by atoms with Crippen LogP contribution in [-0.4, -0.2) is 16.7 Å². The van der Waals surface area contributed by atoms with Crippen LogP contribution >= 0.6 is 20.2 Å². The first-order chi connectivity index (χ1) is 12.4. The van der Waals surface area contributed by atoms with Gasteiger partial charge in [-0.2, -0.15) is 0 Å². The minimum absolute atomic E-state index is 0. The summed E-state index contributed by atoms with van der Waals surface area (Å²) < 4.78 is 12.1. The van der Waals surface area contributed by atoms with E-state index in [0.29, 0.717) is 16.3 Å². The van der Waals surface area contributed by atoms with Crippen molar-refractivity contribution < 1.29 is 34.6 Å². The second-order valence-electron chi connectivity index (χ2n) is 8.47. The number of hydrogen-bond donors (Lipinski definition) is 0. The van der Waals surface area contributed by atoms with Crippen LogP contribution in [0, 0.1) is 6.92 Å². The quantitative estimate of drug-likeness (QED) is 0.556. The maximum Gasteiger partial charge on any atom is 1.00 e. The first-order valence-electron chi connectivity index (χ1n) is 8.94. The number of hydrogen-bond acceptors (Lipinski definition) is 3. The topological polar surface area (TPSA) is 35.5 Å². The standard InChI is InChI=1S/C22H28ClO3P.Li.H/c1-14-9-8-10-16(23)19(14)20(24)27-18-12-11-15(25-21(2,3)4)13-17(18)26-22(5,6)7;;/h8-13,27H,1-7H3;;/q;+1;-1. The molecule has 0 bridgehead atoms. The van der Waals surface area contributed by atoms with Gasteiger partial charge in [-0.15, -0.1) is 0 Å². The molecule has 0 radical (unpaired) electrons. The van der Waals surface area contributed by atoms with Gasteiger partial charge in [-0.25, -0.2) is 0 Å². The van der Waals surface area contributed by atoms with Crippen molar-refractivity contribution in [2.45, 2.75) is 59.7 Å². The average Bonchev–Trinajstić information content (AvgIpc) is 2.46. The van der Waals surface area contributed by atoms with E-state index in [2.05, 4.69) is 0 Å². The molecule has 0 fully saturated rings. The van der Waals surface area contributed by atoms with Crippen molar-refractivity contribution in [3.8, 4) is 11.5 Å². The molecule has 2 rings (SSSR count). The molecule has 28 heavy (non-hydrogen) atoms. The van der Waals surface area contributed by atoms with Crippen LogP contribution in [0.3, 0.4) is 0 Å². The van der Waals surface area contributed by atoms with Gasteiger partial charge in [0.25, 0.3) is 0 Å². The maximum absolute atomic E-state index is 12.9. The van der Waals surface area contributed by atoms with Gasteiger partial charge in [-0.1, -0.05) is 23.7 Å². The van der Waals surface area contributed by atoms with E-state index in [9.17, 15) is 4.79 Å². The van der Waals surface area contributed by atoms with Crippen LogP contribution in [0.2, 0.25) is 5.02 Å². The first kappa shape index (κ1) is 25.1. The Morgan fingerprint density at radius 1 is 1.00 bits per heavy atom. The number of halogens is 1. The molecule has 0 aliphatic carbocycles. The van der Waals surface area contributed by atoms with Crippen LogP contribution in [0.4, 0.5) is 0 Å². The third kappa shape index (κ3) is 7.45. The Morgan fingerprint density at radius 2 is 1.61 bits per heavy atom. The van der Waals surface area contributed by atoms with Crippen molar-refractivity contribution >= 4 is 31.0 Å². The summed E-state index contributed by atoms with van der Waals surface area (Å²) in [5.41, 5.74) is 0.762. The SMILES string of the molecule is Cc1cccc(Cl)c1C(=O)Pc1ccc(OC(C)(C)C)cc1OC(C)(C)C.[H-].[Li+]. The molecule has 1 unspecified atom stereocenters. The predicted molar refractivity (Wildman–Crippen MR) is 117 cm³/mol. The van der Waals surface area contributed by atoms with E-state index in [-0.39, 0.29) is 45.6 Å². The number of aryl methyl sites for hydroxylation is 1. The van der Waals surface area contributed by atoms with Crippen molar-refractivity contribution in [1.82, 2.24) is 0 Å². The molecule has 0 saturated heterocycles. The van der Waals surface area contributed by atoms with Crippen LogP contribution in [0.25, 0.3) is 0 Å². The molecule has 2 aromatic rings. The molecule has 0 aliphatic heterocycles. The van der Waals surface area contributed by atoms with Gasteiger partial charge in [0, 0.05) is 16.9 Å². The molecular weight excluding hydrogens is 386 g/mol. The van der Waals surface area contributed by atoms with Gasteiger partial charge in [-0.05, 0) is 80.8 Å². The summed E-state index contributed by atoms with van der Waals surface area (Å²) in [6, 6.07) is 11.2. The summed E-state index contributed by atoms with van der Waals surface area (Å²) in [7, 11) is -0.0863. The van der Waals surface area contributed by atoms with E-state index in [1.165, 1.54) is 0 Å². The summed E-state index contributed by atoms with van der Waals surface area (Å²) in [6.45, 7) is 13.8. The Kier molecular flexibility index (Phi) is 8.67. The summed E-state index contributed by atoms with van der Waals surface area (Å²) in [5, 5.41) is 1.33. The summed E-state index contributed by atoms with van der Waals surface area (Å²) >= 11 is 6.27. The molecule has 0 N–H and O–H groups in total. The second-order valence-corrected chi connectivity index (χ2v) is 10.1. The summed E-state index contributed by atoms with van der Waals surface area (Å²) in [4.78, 5) is 12.9. The van der Waals surface area contributed by atoms with Crippen molar-refractivity contribution in [3.63, 3.8) is 0 Å². The fourth-order valence-electron chi connectivity index (χ4n) is 2.54. The molecule has 2 aromatic carbocycles. The van der Waals surface area contributed by atoms with Crippen LogP contribution in [0.5, 0.6) is 11.5 Å². The monoisotopic (exact) mass is 414 g/mol. The minimum Gasteiger partial charge on any atom is -1.00 e. The van der Waals surface area contributed by atoms with E-state index in [0.717, 1.165) is 16.6 Å². The largest absolute Gasteiger partial charge is 1.00 e. The second kappa shape index (κ2) is 9.69. The third-order valence-corrected chi connectivity index (χ3v) is 4.96. The van der Waals surface area contributed by atoms with Gasteiger partial charge >= 0.3 is 18.9 Å². The Labute approximate surface area is 189 Å². The molecule has 3 nitrogen and oxygen atoms in total. The molecule has 6 heteroatoms. The zero-order valence-corrected chi connectivity index (χ0v) is 19.8. The van der Waals surface area contributed by atoms with E-state index in [1.54, 1.807) is 6.07 Å². The first-order valence-corrected chi connectivity index (χ1v) is 10.3. The van der Waals surface area contributed by atoms with E-state index in [1.807, 2.05) is 78.8 Å². The van der Waals surface area contributed by atoms with E-state index < -0.39 is 0 Å². The predicted octanol–water partition coefficient (Wildman–Crippen LogP) is 3.26. The van der Waals surface area contributed by atoms with Gasteiger partial charge in [0.05, 0.1) is 5.02 Å². The Bertz CT molecular complexity index is 825.